The molecule has 1 saturated heterocycles. The van der Waals surface area contributed by atoms with Crippen molar-refractivity contribution in [1.82, 2.24) is 4.90 Å². The van der Waals surface area contributed by atoms with Gasteiger partial charge < -0.3 is 4.90 Å². The molecule has 0 unspecified atom stereocenters. The Hall–Kier alpha value is -1.56. The summed E-state index contributed by atoms with van der Waals surface area (Å²) >= 11 is 0. The molecule has 5 nitrogen and oxygen atoms in total. The van der Waals surface area contributed by atoms with Crippen molar-refractivity contribution in [2.45, 2.75) is 46.0 Å². The third-order valence-corrected chi connectivity index (χ3v) is 5.58. The average molecular weight is 353 g/mol. The highest BCUT2D eigenvalue weighted by Gasteiger charge is 2.21. The van der Waals surface area contributed by atoms with E-state index in [0.717, 1.165) is 37.1 Å². The standard InChI is InChI=1S/C18H28N2O3S/c1-15-12-16(2)14-17(13-15)20(24(3,22)23)11-8-18(21)19-9-6-4-5-7-10-19/h12-14H,4-11H2,1-3H3. The van der Waals surface area contributed by atoms with Crippen molar-refractivity contribution in [3.63, 3.8) is 0 Å². The number of hydrogen-bond acceptors (Lipinski definition) is 3. The van der Waals surface area contributed by atoms with Gasteiger partial charge in [-0.25, -0.2) is 8.42 Å². The Kier molecular flexibility index (Phi) is 6.27. The Bertz CT molecular complexity index is 657. The maximum Gasteiger partial charge on any atom is 0.232 e. The minimum Gasteiger partial charge on any atom is -0.343 e. The van der Waals surface area contributed by atoms with Crippen LogP contribution in [0.15, 0.2) is 18.2 Å². The molecule has 0 bridgehead atoms. The number of carbonyl (C=O) groups is 1. The van der Waals surface area contributed by atoms with Crippen molar-refractivity contribution in [2.75, 3.05) is 30.2 Å². The summed E-state index contributed by atoms with van der Waals surface area (Å²) in [6.07, 6.45) is 5.84. The molecule has 24 heavy (non-hydrogen) atoms. The van der Waals surface area contributed by atoms with Crippen LogP contribution in [-0.4, -0.2) is 45.1 Å². The maximum absolute atomic E-state index is 12.5. The second-order valence-corrected chi connectivity index (χ2v) is 8.63. The molecule has 0 spiro atoms. The quantitative estimate of drug-likeness (QED) is 0.819. The molecule has 0 aliphatic carbocycles. The van der Waals surface area contributed by atoms with Crippen molar-refractivity contribution < 1.29 is 13.2 Å². The number of likely N-dealkylation sites (tertiary alicyclic amines) is 1. The number of nitrogens with zero attached hydrogens (tertiary/aromatic N) is 2. The van der Waals surface area contributed by atoms with E-state index in [1.807, 2.05) is 36.9 Å². The Morgan fingerprint density at radius 3 is 2.08 bits per heavy atom. The van der Waals surface area contributed by atoms with Crippen molar-refractivity contribution in [1.29, 1.82) is 0 Å². The molecular weight excluding hydrogens is 324 g/mol. The molecule has 1 fully saturated rings. The lowest BCUT2D eigenvalue weighted by atomic mass is 10.1. The fourth-order valence-electron chi connectivity index (χ4n) is 3.26. The molecule has 1 aromatic carbocycles. The first-order chi connectivity index (χ1) is 11.3. The van der Waals surface area contributed by atoms with Gasteiger partial charge in [-0.1, -0.05) is 18.9 Å². The third kappa shape index (κ3) is 5.23. The van der Waals surface area contributed by atoms with E-state index < -0.39 is 10.0 Å². The first-order valence-corrected chi connectivity index (χ1v) is 10.5. The predicted octanol–water partition coefficient (Wildman–Crippen LogP) is 2.86. The highest BCUT2D eigenvalue weighted by Crippen LogP contribution is 2.22. The number of hydrogen-bond donors (Lipinski definition) is 0. The lowest BCUT2D eigenvalue weighted by Crippen LogP contribution is -2.37. The Labute approximate surface area is 145 Å². The predicted molar refractivity (Wildman–Crippen MR) is 97.8 cm³/mol. The lowest BCUT2D eigenvalue weighted by Gasteiger charge is -2.25. The summed E-state index contributed by atoms with van der Waals surface area (Å²) in [5.74, 6) is 0.0509. The molecule has 0 radical (unpaired) electrons. The van der Waals surface area contributed by atoms with Crippen LogP contribution in [0.2, 0.25) is 0 Å². The zero-order chi connectivity index (χ0) is 17.7. The average Bonchev–Trinajstić information content (AvgIpc) is 2.73. The molecule has 1 amide bonds. The number of aryl methyl sites for hydroxylation is 2. The van der Waals surface area contributed by atoms with Gasteiger partial charge in [0.1, 0.15) is 0 Å². The summed E-state index contributed by atoms with van der Waals surface area (Å²) in [6, 6.07) is 5.71. The Morgan fingerprint density at radius 2 is 1.58 bits per heavy atom. The van der Waals surface area contributed by atoms with Gasteiger partial charge in [-0.05, 0) is 49.9 Å². The fourth-order valence-corrected chi connectivity index (χ4v) is 4.17. The molecule has 0 atom stereocenters. The first kappa shape index (κ1) is 18.8. The van der Waals surface area contributed by atoms with Crippen LogP contribution >= 0.6 is 0 Å². The van der Waals surface area contributed by atoms with Gasteiger partial charge >= 0.3 is 0 Å². The lowest BCUT2D eigenvalue weighted by molar-refractivity contribution is -0.130. The van der Waals surface area contributed by atoms with Gasteiger partial charge in [0, 0.05) is 26.1 Å². The van der Waals surface area contributed by atoms with E-state index in [2.05, 4.69) is 0 Å². The summed E-state index contributed by atoms with van der Waals surface area (Å²) in [5.41, 5.74) is 2.66. The van der Waals surface area contributed by atoms with Crippen LogP contribution in [0.4, 0.5) is 5.69 Å². The zero-order valence-electron chi connectivity index (χ0n) is 14.9. The van der Waals surface area contributed by atoms with Crippen molar-refractivity contribution in [3.05, 3.63) is 29.3 Å². The van der Waals surface area contributed by atoms with Gasteiger partial charge in [-0.3, -0.25) is 9.10 Å². The van der Waals surface area contributed by atoms with Gasteiger partial charge in [-0.15, -0.1) is 0 Å². The molecule has 1 aromatic rings. The van der Waals surface area contributed by atoms with E-state index in [1.54, 1.807) is 0 Å². The highest BCUT2D eigenvalue weighted by atomic mass is 32.2. The van der Waals surface area contributed by atoms with Crippen molar-refractivity contribution in [3.8, 4) is 0 Å². The first-order valence-electron chi connectivity index (χ1n) is 8.61. The summed E-state index contributed by atoms with van der Waals surface area (Å²) < 4.78 is 25.7. The van der Waals surface area contributed by atoms with Crippen LogP contribution < -0.4 is 4.31 Å². The maximum atomic E-state index is 12.5. The monoisotopic (exact) mass is 352 g/mol. The van der Waals surface area contributed by atoms with Gasteiger partial charge in [0.15, 0.2) is 0 Å². The van der Waals surface area contributed by atoms with E-state index in [9.17, 15) is 13.2 Å². The van der Waals surface area contributed by atoms with E-state index >= 15 is 0 Å². The van der Waals surface area contributed by atoms with E-state index in [-0.39, 0.29) is 18.9 Å². The number of anilines is 1. The Morgan fingerprint density at radius 1 is 1.04 bits per heavy atom. The summed E-state index contributed by atoms with van der Waals surface area (Å²) in [7, 11) is -3.42. The molecule has 0 saturated carbocycles. The zero-order valence-corrected chi connectivity index (χ0v) is 15.7. The number of benzene rings is 1. The largest absolute Gasteiger partial charge is 0.343 e. The minimum atomic E-state index is -3.42. The number of sulfonamides is 1. The van der Waals surface area contributed by atoms with E-state index in [0.29, 0.717) is 5.69 Å². The third-order valence-electron chi connectivity index (χ3n) is 4.38. The highest BCUT2D eigenvalue weighted by molar-refractivity contribution is 7.92. The van der Waals surface area contributed by atoms with Crippen LogP contribution in [0.25, 0.3) is 0 Å². The van der Waals surface area contributed by atoms with Crippen LogP contribution in [-0.2, 0) is 14.8 Å². The molecule has 0 aromatic heterocycles. The van der Waals surface area contributed by atoms with Crippen LogP contribution in [0.1, 0.15) is 43.2 Å². The second kappa shape index (κ2) is 8.01. The smallest absolute Gasteiger partial charge is 0.232 e. The van der Waals surface area contributed by atoms with E-state index in [4.69, 9.17) is 0 Å². The van der Waals surface area contributed by atoms with E-state index in [1.165, 1.54) is 23.4 Å². The molecular formula is C18H28N2O3S. The molecule has 1 aliphatic rings. The number of rotatable bonds is 5. The van der Waals surface area contributed by atoms with Gasteiger partial charge in [0.2, 0.25) is 15.9 Å². The van der Waals surface area contributed by atoms with Crippen LogP contribution in [0.5, 0.6) is 0 Å². The molecule has 6 heteroatoms. The molecule has 0 N–H and O–H groups in total. The summed E-state index contributed by atoms with van der Waals surface area (Å²) in [6.45, 7) is 5.66. The van der Waals surface area contributed by atoms with Gasteiger partial charge in [0.05, 0.1) is 11.9 Å². The number of amides is 1. The molecule has 1 aliphatic heterocycles. The minimum absolute atomic E-state index is 0.0509. The molecule has 1 heterocycles. The number of carbonyl (C=O) groups excluding carboxylic acids is 1. The fraction of sp³-hybridized carbons (Fsp3) is 0.611. The molecule has 134 valence electrons. The van der Waals surface area contributed by atoms with Crippen LogP contribution in [0.3, 0.4) is 0 Å². The summed E-state index contributed by atoms with van der Waals surface area (Å²) in [5, 5.41) is 0. The second-order valence-electron chi connectivity index (χ2n) is 6.73. The van der Waals surface area contributed by atoms with Crippen molar-refractivity contribution in [2.24, 2.45) is 0 Å². The molecule has 2 rings (SSSR count). The van der Waals surface area contributed by atoms with Crippen molar-refractivity contribution >= 4 is 21.6 Å². The Balaban J connectivity index is 2.11. The van der Waals surface area contributed by atoms with Gasteiger partial charge in [0.25, 0.3) is 0 Å². The summed E-state index contributed by atoms with van der Waals surface area (Å²) in [4.78, 5) is 14.3. The van der Waals surface area contributed by atoms with Crippen LogP contribution in [0, 0.1) is 13.8 Å². The SMILES string of the molecule is Cc1cc(C)cc(N(CCC(=O)N2CCCCCC2)S(C)(=O)=O)c1. The topological polar surface area (TPSA) is 57.7 Å². The normalized spacial score (nSPS) is 15.9. The van der Waals surface area contributed by atoms with Gasteiger partial charge in [-0.2, -0.15) is 0 Å².